The summed E-state index contributed by atoms with van der Waals surface area (Å²) < 4.78 is 0. The molecule has 0 unspecified atom stereocenters. The number of hydrogen-bond donors (Lipinski definition) is 0. The van der Waals surface area contributed by atoms with E-state index in [9.17, 15) is 0 Å². The van der Waals surface area contributed by atoms with Crippen LogP contribution in [0.15, 0.2) is 12.4 Å². The molecule has 3 nitrogen and oxygen atoms in total. The molecule has 1 saturated heterocycles. The first-order valence-electron chi connectivity index (χ1n) is 5.23. The largest absolute Gasteiger partial charge is 0.306 e. The molecule has 1 aliphatic rings. The van der Waals surface area contributed by atoms with Crippen molar-refractivity contribution in [3.8, 4) is 0 Å². The van der Waals surface area contributed by atoms with Crippen LogP contribution in [0.3, 0.4) is 0 Å². The molecule has 1 aromatic rings. The predicted octanol–water partition coefficient (Wildman–Crippen LogP) is 1.59. The van der Waals surface area contributed by atoms with Crippen LogP contribution < -0.4 is 0 Å². The Morgan fingerprint density at radius 1 is 1.36 bits per heavy atom. The molecular formula is C11H17N3. The van der Waals surface area contributed by atoms with Crippen LogP contribution in [0.2, 0.25) is 0 Å². The Balaban J connectivity index is 2.10. The van der Waals surface area contributed by atoms with Crippen molar-refractivity contribution in [2.45, 2.75) is 25.7 Å². The Labute approximate surface area is 85.2 Å². The molecule has 1 aliphatic heterocycles. The molecule has 0 aliphatic carbocycles. The summed E-state index contributed by atoms with van der Waals surface area (Å²) in [4.78, 5) is 10.9. The average Bonchev–Trinajstić information content (AvgIpc) is 2.19. The zero-order valence-corrected chi connectivity index (χ0v) is 8.90. The van der Waals surface area contributed by atoms with Crippen molar-refractivity contribution in [3.63, 3.8) is 0 Å². The van der Waals surface area contributed by atoms with E-state index in [1.54, 1.807) is 0 Å². The number of piperidine rings is 1. The standard InChI is InChI=1S/C11H17N3/c1-9-12-6-11(7-13-9)10-4-3-5-14(2)8-10/h6-7,10H,3-5,8H2,1-2H3/t10-/m0/s1. The second-order valence-electron chi connectivity index (χ2n) is 4.17. The lowest BCUT2D eigenvalue weighted by Gasteiger charge is -2.29. The van der Waals surface area contributed by atoms with Gasteiger partial charge < -0.3 is 4.90 Å². The minimum absolute atomic E-state index is 0.634. The molecule has 2 heterocycles. The fraction of sp³-hybridized carbons (Fsp3) is 0.636. The lowest BCUT2D eigenvalue weighted by atomic mass is 9.93. The molecule has 2 rings (SSSR count). The van der Waals surface area contributed by atoms with Crippen LogP contribution in [0.4, 0.5) is 0 Å². The summed E-state index contributed by atoms with van der Waals surface area (Å²) in [5.74, 6) is 1.49. The lowest BCUT2D eigenvalue weighted by molar-refractivity contribution is 0.250. The summed E-state index contributed by atoms with van der Waals surface area (Å²) >= 11 is 0. The number of likely N-dealkylation sites (tertiary alicyclic amines) is 1. The maximum Gasteiger partial charge on any atom is 0.125 e. The maximum atomic E-state index is 4.25. The average molecular weight is 191 g/mol. The number of aryl methyl sites for hydroxylation is 1. The van der Waals surface area contributed by atoms with Crippen LogP contribution >= 0.6 is 0 Å². The monoisotopic (exact) mass is 191 g/mol. The van der Waals surface area contributed by atoms with Crippen LogP contribution in [0.1, 0.15) is 30.1 Å². The Morgan fingerprint density at radius 2 is 2.07 bits per heavy atom. The van der Waals surface area contributed by atoms with Crippen LogP contribution in [0.25, 0.3) is 0 Å². The van der Waals surface area contributed by atoms with Gasteiger partial charge in [-0.25, -0.2) is 9.97 Å². The van der Waals surface area contributed by atoms with Crippen molar-refractivity contribution in [1.82, 2.24) is 14.9 Å². The summed E-state index contributed by atoms with van der Waals surface area (Å²) in [5.41, 5.74) is 1.29. The van der Waals surface area contributed by atoms with E-state index in [0.29, 0.717) is 5.92 Å². The fourth-order valence-corrected chi connectivity index (χ4v) is 2.05. The third-order valence-electron chi connectivity index (χ3n) is 2.90. The van der Waals surface area contributed by atoms with E-state index in [1.807, 2.05) is 19.3 Å². The van der Waals surface area contributed by atoms with Crippen LogP contribution in [0.5, 0.6) is 0 Å². The summed E-state index contributed by atoms with van der Waals surface area (Å²) in [6.45, 7) is 4.30. The van der Waals surface area contributed by atoms with E-state index in [2.05, 4.69) is 21.9 Å². The van der Waals surface area contributed by atoms with Gasteiger partial charge in [0.1, 0.15) is 5.82 Å². The summed E-state index contributed by atoms with van der Waals surface area (Å²) in [6.07, 6.45) is 6.52. The zero-order chi connectivity index (χ0) is 9.97. The Hall–Kier alpha value is -0.960. The Bertz CT molecular complexity index is 294. The van der Waals surface area contributed by atoms with Gasteiger partial charge in [-0.3, -0.25) is 0 Å². The van der Waals surface area contributed by atoms with E-state index >= 15 is 0 Å². The molecule has 1 aromatic heterocycles. The van der Waals surface area contributed by atoms with E-state index in [0.717, 1.165) is 12.4 Å². The topological polar surface area (TPSA) is 29.0 Å². The van der Waals surface area contributed by atoms with Gasteiger partial charge in [0.25, 0.3) is 0 Å². The number of aromatic nitrogens is 2. The number of likely N-dealkylation sites (N-methyl/N-ethyl adjacent to an activating group) is 1. The number of nitrogens with zero attached hydrogens (tertiary/aromatic N) is 3. The van der Waals surface area contributed by atoms with Gasteiger partial charge in [-0.15, -0.1) is 0 Å². The van der Waals surface area contributed by atoms with Crippen LogP contribution in [-0.4, -0.2) is 35.0 Å². The molecule has 0 aromatic carbocycles. The molecule has 14 heavy (non-hydrogen) atoms. The van der Waals surface area contributed by atoms with Gasteiger partial charge in [0, 0.05) is 18.9 Å². The van der Waals surface area contributed by atoms with Gasteiger partial charge in [-0.1, -0.05) is 0 Å². The molecule has 0 N–H and O–H groups in total. The molecule has 1 fully saturated rings. The Kier molecular flexibility index (Phi) is 2.77. The molecule has 0 saturated carbocycles. The van der Waals surface area contributed by atoms with Crippen molar-refractivity contribution in [3.05, 3.63) is 23.8 Å². The first-order chi connectivity index (χ1) is 6.75. The normalized spacial score (nSPS) is 23.7. The summed E-state index contributed by atoms with van der Waals surface area (Å²) in [7, 11) is 2.18. The van der Waals surface area contributed by atoms with Crippen molar-refractivity contribution in [1.29, 1.82) is 0 Å². The van der Waals surface area contributed by atoms with Gasteiger partial charge in [0.05, 0.1) is 0 Å². The molecular weight excluding hydrogens is 174 g/mol. The molecule has 3 heteroatoms. The third kappa shape index (κ3) is 2.10. The van der Waals surface area contributed by atoms with Gasteiger partial charge in [0.15, 0.2) is 0 Å². The first kappa shape index (κ1) is 9.59. The van der Waals surface area contributed by atoms with Crippen molar-refractivity contribution < 1.29 is 0 Å². The first-order valence-corrected chi connectivity index (χ1v) is 5.23. The fourth-order valence-electron chi connectivity index (χ4n) is 2.05. The highest BCUT2D eigenvalue weighted by Gasteiger charge is 2.18. The molecule has 0 radical (unpaired) electrons. The number of rotatable bonds is 1. The summed E-state index contributed by atoms with van der Waals surface area (Å²) in [5, 5.41) is 0. The van der Waals surface area contributed by atoms with Crippen molar-refractivity contribution in [2.24, 2.45) is 0 Å². The van der Waals surface area contributed by atoms with Crippen molar-refractivity contribution in [2.75, 3.05) is 20.1 Å². The second-order valence-corrected chi connectivity index (χ2v) is 4.17. The highest BCUT2D eigenvalue weighted by Crippen LogP contribution is 2.24. The second kappa shape index (κ2) is 4.05. The Morgan fingerprint density at radius 3 is 2.71 bits per heavy atom. The predicted molar refractivity (Wildman–Crippen MR) is 56.2 cm³/mol. The van der Waals surface area contributed by atoms with Crippen LogP contribution in [0, 0.1) is 6.92 Å². The third-order valence-corrected chi connectivity index (χ3v) is 2.90. The molecule has 0 amide bonds. The quantitative estimate of drug-likeness (QED) is 0.675. The van der Waals surface area contributed by atoms with Gasteiger partial charge in [-0.05, 0) is 44.8 Å². The van der Waals surface area contributed by atoms with E-state index < -0.39 is 0 Å². The molecule has 76 valence electrons. The minimum Gasteiger partial charge on any atom is -0.306 e. The minimum atomic E-state index is 0.634. The maximum absolute atomic E-state index is 4.25. The molecule has 0 spiro atoms. The highest BCUT2D eigenvalue weighted by molar-refractivity contribution is 5.12. The highest BCUT2D eigenvalue weighted by atomic mass is 15.1. The molecule has 0 bridgehead atoms. The summed E-state index contributed by atoms with van der Waals surface area (Å²) in [6, 6.07) is 0. The zero-order valence-electron chi connectivity index (χ0n) is 8.90. The lowest BCUT2D eigenvalue weighted by Crippen LogP contribution is -2.30. The van der Waals surface area contributed by atoms with E-state index in [1.165, 1.54) is 24.9 Å². The van der Waals surface area contributed by atoms with Gasteiger partial charge in [0.2, 0.25) is 0 Å². The van der Waals surface area contributed by atoms with Crippen molar-refractivity contribution >= 4 is 0 Å². The smallest absolute Gasteiger partial charge is 0.125 e. The van der Waals surface area contributed by atoms with E-state index in [-0.39, 0.29) is 0 Å². The molecule has 1 atom stereocenters. The van der Waals surface area contributed by atoms with Gasteiger partial charge >= 0.3 is 0 Å². The number of hydrogen-bond acceptors (Lipinski definition) is 3. The van der Waals surface area contributed by atoms with E-state index in [4.69, 9.17) is 0 Å². The SMILES string of the molecule is Cc1ncc([C@H]2CCCN(C)C2)cn1. The van der Waals surface area contributed by atoms with Crippen LogP contribution in [-0.2, 0) is 0 Å². The van der Waals surface area contributed by atoms with Gasteiger partial charge in [-0.2, -0.15) is 0 Å².